The highest BCUT2D eigenvalue weighted by Crippen LogP contribution is 2.43. The lowest BCUT2D eigenvalue weighted by molar-refractivity contribution is -0.121. The third kappa shape index (κ3) is 2.91. The average molecular weight is 328 g/mol. The number of rotatable bonds is 2. The van der Waals surface area contributed by atoms with Crippen LogP contribution in [0.5, 0.6) is 0 Å². The molecule has 106 valence electrons. The molecule has 4 heteroatoms. The van der Waals surface area contributed by atoms with Crippen molar-refractivity contribution in [2.45, 2.75) is 56.6 Å². The lowest BCUT2D eigenvalue weighted by atomic mass is 9.74. The first-order chi connectivity index (χ1) is 9.19. The zero-order chi connectivity index (χ0) is 13.3. The van der Waals surface area contributed by atoms with Crippen LogP contribution >= 0.6 is 15.9 Å². The highest BCUT2D eigenvalue weighted by molar-refractivity contribution is 9.10. The topological polar surface area (TPSA) is 48.4 Å². The zero-order valence-electron chi connectivity index (χ0n) is 11.2. The third-order valence-electron chi connectivity index (χ3n) is 4.73. The fourth-order valence-electron chi connectivity index (χ4n) is 3.66. The Labute approximate surface area is 123 Å². The van der Waals surface area contributed by atoms with Gasteiger partial charge in [0.05, 0.1) is 11.6 Å². The van der Waals surface area contributed by atoms with E-state index in [1.165, 1.54) is 32.1 Å². The molecule has 2 N–H and O–H groups in total. The van der Waals surface area contributed by atoms with E-state index in [-0.39, 0.29) is 11.6 Å². The van der Waals surface area contributed by atoms with Gasteiger partial charge in [0.25, 0.3) is 0 Å². The summed E-state index contributed by atoms with van der Waals surface area (Å²) in [5, 5.41) is 0. The highest BCUT2D eigenvalue weighted by atomic mass is 79.9. The Morgan fingerprint density at radius 2 is 2.05 bits per heavy atom. The van der Waals surface area contributed by atoms with Crippen molar-refractivity contribution in [1.29, 1.82) is 0 Å². The van der Waals surface area contributed by atoms with E-state index in [2.05, 4.69) is 15.9 Å². The van der Waals surface area contributed by atoms with Crippen molar-refractivity contribution in [2.75, 3.05) is 6.61 Å². The summed E-state index contributed by atoms with van der Waals surface area (Å²) in [6, 6.07) is 3.90. The van der Waals surface area contributed by atoms with Crippen LogP contribution in [0.15, 0.2) is 21.2 Å². The van der Waals surface area contributed by atoms with Crippen LogP contribution in [0, 0.1) is 5.92 Å². The molecule has 2 heterocycles. The number of ether oxygens (including phenoxy) is 1. The maximum Gasteiger partial charge on any atom is 0.169 e. The first kappa shape index (κ1) is 13.7. The molecular formula is C15H22BrNO2. The molecule has 3 nitrogen and oxygen atoms in total. The molecule has 1 aromatic heterocycles. The summed E-state index contributed by atoms with van der Waals surface area (Å²) in [5.41, 5.74) is 6.52. The Morgan fingerprint density at radius 3 is 2.74 bits per heavy atom. The Hall–Kier alpha value is -0.320. The fourth-order valence-corrected chi connectivity index (χ4v) is 3.98. The Kier molecular flexibility index (Phi) is 4.01. The van der Waals surface area contributed by atoms with E-state index in [4.69, 9.17) is 14.9 Å². The van der Waals surface area contributed by atoms with Gasteiger partial charge in [-0.1, -0.05) is 19.3 Å². The van der Waals surface area contributed by atoms with E-state index in [1.54, 1.807) is 0 Å². The fraction of sp³-hybridized carbons (Fsp3) is 0.733. The quantitative estimate of drug-likeness (QED) is 0.886. The van der Waals surface area contributed by atoms with Crippen LogP contribution in [0.25, 0.3) is 0 Å². The van der Waals surface area contributed by atoms with Gasteiger partial charge in [0.1, 0.15) is 5.76 Å². The van der Waals surface area contributed by atoms with Crippen LogP contribution in [0.4, 0.5) is 0 Å². The third-order valence-corrected chi connectivity index (χ3v) is 5.15. The first-order valence-electron chi connectivity index (χ1n) is 7.33. The van der Waals surface area contributed by atoms with Crippen molar-refractivity contribution in [3.8, 4) is 0 Å². The van der Waals surface area contributed by atoms with E-state index in [0.717, 1.165) is 29.9 Å². The second kappa shape index (κ2) is 5.58. The smallest absolute Gasteiger partial charge is 0.169 e. The Morgan fingerprint density at radius 1 is 1.26 bits per heavy atom. The molecule has 1 aromatic rings. The maximum absolute atomic E-state index is 6.40. The van der Waals surface area contributed by atoms with Gasteiger partial charge in [0, 0.05) is 6.61 Å². The first-order valence-corrected chi connectivity index (χ1v) is 8.13. The van der Waals surface area contributed by atoms with Crippen LogP contribution in [-0.4, -0.2) is 12.2 Å². The van der Waals surface area contributed by atoms with Gasteiger partial charge in [0.15, 0.2) is 4.67 Å². The van der Waals surface area contributed by atoms with Gasteiger partial charge in [0.2, 0.25) is 0 Å². The SMILES string of the molecule is NC(c1ccc(Br)o1)C1CCOC2(CCCCC2)C1. The minimum Gasteiger partial charge on any atom is -0.453 e. The van der Waals surface area contributed by atoms with Gasteiger partial charge >= 0.3 is 0 Å². The van der Waals surface area contributed by atoms with Crippen molar-refractivity contribution in [2.24, 2.45) is 11.7 Å². The normalized spacial score (nSPS) is 28.4. The molecule has 19 heavy (non-hydrogen) atoms. The minimum atomic E-state index is -0.00555. The molecule has 1 spiro atoms. The monoisotopic (exact) mass is 327 g/mol. The summed E-state index contributed by atoms with van der Waals surface area (Å²) in [6.07, 6.45) is 8.50. The van der Waals surface area contributed by atoms with Crippen molar-refractivity contribution in [3.05, 3.63) is 22.6 Å². The molecule has 0 bridgehead atoms. The van der Waals surface area contributed by atoms with Crippen molar-refractivity contribution in [1.82, 2.24) is 0 Å². The molecule has 2 atom stereocenters. The lowest BCUT2D eigenvalue weighted by Gasteiger charge is -2.44. The van der Waals surface area contributed by atoms with Crippen LogP contribution in [0.3, 0.4) is 0 Å². The number of furan rings is 1. The van der Waals surface area contributed by atoms with Gasteiger partial charge in [-0.15, -0.1) is 0 Å². The number of hydrogen-bond donors (Lipinski definition) is 1. The predicted octanol–water partition coefficient (Wildman–Crippen LogP) is 4.17. The standard InChI is InChI=1S/C15H22BrNO2/c16-13-5-4-12(19-13)14(17)11-6-9-18-15(10-11)7-2-1-3-8-15/h4-5,11,14H,1-3,6-10,17H2. The second-order valence-electron chi connectivity index (χ2n) is 6.01. The summed E-state index contributed by atoms with van der Waals surface area (Å²) < 4.78 is 12.5. The van der Waals surface area contributed by atoms with E-state index in [0.29, 0.717) is 5.92 Å². The number of hydrogen-bond acceptors (Lipinski definition) is 3. The molecule has 2 fully saturated rings. The Bertz CT molecular complexity index is 420. The molecule has 0 radical (unpaired) electrons. The molecule has 2 unspecified atom stereocenters. The van der Waals surface area contributed by atoms with Gasteiger partial charge in [-0.3, -0.25) is 0 Å². The summed E-state index contributed by atoms with van der Waals surface area (Å²) in [4.78, 5) is 0. The van der Waals surface area contributed by atoms with Gasteiger partial charge < -0.3 is 14.9 Å². The van der Waals surface area contributed by atoms with Crippen molar-refractivity contribution in [3.63, 3.8) is 0 Å². The van der Waals surface area contributed by atoms with Crippen molar-refractivity contribution < 1.29 is 9.15 Å². The van der Waals surface area contributed by atoms with Crippen LogP contribution < -0.4 is 5.73 Å². The van der Waals surface area contributed by atoms with Crippen LogP contribution in [-0.2, 0) is 4.74 Å². The van der Waals surface area contributed by atoms with Gasteiger partial charge in [-0.2, -0.15) is 0 Å². The average Bonchev–Trinajstić information content (AvgIpc) is 2.85. The molecular weight excluding hydrogens is 306 g/mol. The minimum absolute atomic E-state index is 0.00555. The second-order valence-corrected chi connectivity index (χ2v) is 6.79. The van der Waals surface area contributed by atoms with Crippen LogP contribution in [0.1, 0.15) is 56.7 Å². The van der Waals surface area contributed by atoms with Gasteiger partial charge in [-0.25, -0.2) is 0 Å². The van der Waals surface area contributed by atoms with E-state index < -0.39 is 0 Å². The summed E-state index contributed by atoms with van der Waals surface area (Å²) >= 11 is 3.35. The van der Waals surface area contributed by atoms with Gasteiger partial charge in [-0.05, 0) is 59.7 Å². The number of halogens is 1. The molecule has 0 amide bonds. The maximum atomic E-state index is 6.40. The molecule has 1 aliphatic heterocycles. The summed E-state index contributed by atoms with van der Waals surface area (Å²) in [6.45, 7) is 0.847. The molecule has 0 aromatic carbocycles. The Balaban J connectivity index is 1.70. The van der Waals surface area contributed by atoms with Crippen LogP contribution in [0.2, 0.25) is 0 Å². The van der Waals surface area contributed by atoms with E-state index >= 15 is 0 Å². The molecule has 2 aliphatic rings. The van der Waals surface area contributed by atoms with E-state index in [1.807, 2.05) is 12.1 Å². The van der Waals surface area contributed by atoms with Crippen molar-refractivity contribution >= 4 is 15.9 Å². The lowest BCUT2D eigenvalue weighted by Crippen LogP contribution is -2.43. The zero-order valence-corrected chi connectivity index (χ0v) is 12.8. The summed E-state index contributed by atoms with van der Waals surface area (Å²) in [7, 11) is 0. The molecule has 3 rings (SSSR count). The molecule has 1 saturated carbocycles. The van der Waals surface area contributed by atoms with E-state index in [9.17, 15) is 0 Å². The highest BCUT2D eigenvalue weighted by Gasteiger charge is 2.40. The number of nitrogens with two attached hydrogens (primary N) is 1. The molecule has 1 aliphatic carbocycles. The largest absolute Gasteiger partial charge is 0.453 e. The molecule has 1 saturated heterocycles. The predicted molar refractivity (Wildman–Crippen MR) is 77.8 cm³/mol. The summed E-state index contributed by atoms with van der Waals surface area (Å²) in [5.74, 6) is 1.37.